The summed E-state index contributed by atoms with van der Waals surface area (Å²) in [5.41, 5.74) is 5.25. The third-order valence-corrected chi connectivity index (χ3v) is 6.05. The van der Waals surface area contributed by atoms with Crippen LogP contribution in [-0.4, -0.2) is 24.9 Å². The molecule has 0 saturated heterocycles. The standard InChI is InChI=1S/C28H27N3O2/c29-20-25-10-5-4-9-22(25)13-15-27(32)31-18-6-11-23-19-24(12-14-26(23)31)28(33)30-17-16-21-7-2-1-3-8-21/h1-5,7-10,12,14,19H,6,11,13,15-18H2,(H,30,33). The van der Waals surface area contributed by atoms with Gasteiger partial charge >= 0.3 is 0 Å². The summed E-state index contributed by atoms with van der Waals surface area (Å²) in [6, 6.07) is 25.3. The SMILES string of the molecule is N#Cc1ccccc1CCC(=O)N1CCCc2cc(C(=O)NCCc3ccccc3)ccc21. The smallest absolute Gasteiger partial charge is 0.251 e. The van der Waals surface area contributed by atoms with Crippen molar-refractivity contribution in [3.05, 3.63) is 101 Å². The largest absolute Gasteiger partial charge is 0.352 e. The number of anilines is 1. The third kappa shape index (κ3) is 5.48. The van der Waals surface area contributed by atoms with E-state index in [4.69, 9.17) is 0 Å². The van der Waals surface area contributed by atoms with Gasteiger partial charge in [-0.25, -0.2) is 0 Å². The summed E-state index contributed by atoms with van der Waals surface area (Å²) in [7, 11) is 0. The van der Waals surface area contributed by atoms with Gasteiger partial charge in [0.15, 0.2) is 0 Å². The molecule has 1 N–H and O–H groups in total. The van der Waals surface area contributed by atoms with Crippen LogP contribution in [0.25, 0.3) is 0 Å². The highest BCUT2D eigenvalue weighted by molar-refractivity contribution is 5.98. The number of rotatable bonds is 7. The fourth-order valence-electron chi connectivity index (χ4n) is 4.29. The van der Waals surface area contributed by atoms with Gasteiger partial charge in [-0.2, -0.15) is 5.26 Å². The highest BCUT2D eigenvalue weighted by Crippen LogP contribution is 2.29. The highest BCUT2D eigenvalue weighted by atomic mass is 16.2. The number of benzene rings is 3. The van der Waals surface area contributed by atoms with Crippen LogP contribution in [0.2, 0.25) is 0 Å². The van der Waals surface area contributed by atoms with Gasteiger partial charge in [0, 0.05) is 30.8 Å². The number of nitriles is 1. The van der Waals surface area contributed by atoms with Crippen molar-refractivity contribution in [1.29, 1.82) is 5.26 Å². The Bertz CT molecular complexity index is 1180. The van der Waals surface area contributed by atoms with Crippen LogP contribution in [0.4, 0.5) is 5.69 Å². The molecule has 2 amide bonds. The molecule has 0 aliphatic carbocycles. The molecule has 3 aromatic rings. The van der Waals surface area contributed by atoms with Crippen molar-refractivity contribution in [3.8, 4) is 6.07 Å². The minimum absolute atomic E-state index is 0.0451. The van der Waals surface area contributed by atoms with Crippen LogP contribution in [-0.2, 0) is 24.1 Å². The molecular weight excluding hydrogens is 410 g/mol. The Kier molecular flexibility index (Phi) is 7.16. The van der Waals surface area contributed by atoms with Gasteiger partial charge in [-0.05, 0) is 66.6 Å². The normalized spacial score (nSPS) is 12.5. The molecule has 0 saturated carbocycles. The van der Waals surface area contributed by atoms with E-state index in [1.165, 1.54) is 5.56 Å². The Morgan fingerprint density at radius 3 is 2.58 bits per heavy atom. The molecule has 166 valence electrons. The summed E-state index contributed by atoms with van der Waals surface area (Å²) >= 11 is 0. The molecule has 0 fully saturated rings. The Morgan fingerprint density at radius 1 is 0.970 bits per heavy atom. The molecule has 1 heterocycles. The average molecular weight is 438 g/mol. The lowest BCUT2D eigenvalue weighted by Crippen LogP contribution is -2.36. The van der Waals surface area contributed by atoms with Crippen LogP contribution in [0.15, 0.2) is 72.8 Å². The van der Waals surface area contributed by atoms with E-state index < -0.39 is 0 Å². The zero-order valence-corrected chi connectivity index (χ0v) is 18.6. The van der Waals surface area contributed by atoms with Crippen LogP contribution in [0.3, 0.4) is 0 Å². The van der Waals surface area contributed by atoms with E-state index in [-0.39, 0.29) is 11.8 Å². The zero-order chi connectivity index (χ0) is 23.0. The first-order valence-corrected chi connectivity index (χ1v) is 11.4. The van der Waals surface area contributed by atoms with Gasteiger partial charge in [0.25, 0.3) is 5.91 Å². The molecule has 1 aliphatic rings. The van der Waals surface area contributed by atoms with Crippen LogP contribution < -0.4 is 10.2 Å². The Balaban J connectivity index is 1.38. The number of carbonyl (C=O) groups is 2. The number of hydrogen-bond acceptors (Lipinski definition) is 3. The molecule has 3 aromatic carbocycles. The number of nitrogens with zero attached hydrogens (tertiary/aromatic N) is 2. The van der Waals surface area contributed by atoms with Gasteiger partial charge in [-0.15, -0.1) is 0 Å². The van der Waals surface area contributed by atoms with E-state index in [2.05, 4.69) is 23.5 Å². The van der Waals surface area contributed by atoms with Gasteiger partial charge < -0.3 is 10.2 Å². The number of nitrogens with one attached hydrogen (secondary N) is 1. The van der Waals surface area contributed by atoms with Crippen LogP contribution in [0, 0.1) is 11.3 Å². The summed E-state index contributed by atoms with van der Waals surface area (Å²) in [6.07, 6.45) is 3.39. The fourth-order valence-corrected chi connectivity index (χ4v) is 4.29. The summed E-state index contributed by atoms with van der Waals surface area (Å²) in [5, 5.41) is 12.3. The molecule has 0 unspecified atom stereocenters. The van der Waals surface area contributed by atoms with Crippen molar-refractivity contribution in [2.75, 3.05) is 18.0 Å². The van der Waals surface area contributed by atoms with Crippen LogP contribution in [0.5, 0.6) is 0 Å². The van der Waals surface area contributed by atoms with E-state index in [0.717, 1.165) is 36.1 Å². The van der Waals surface area contributed by atoms with Crippen molar-refractivity contribution >= 4 is 17.5 Å². The van der Waals surface area contributed by atoms with Crippen molar-refractivity contribution in [3.63, 3.8) is 0 Å². The minimum atomic E-state index is -0.0923. The van der Waals surface area contributed by atoms with Crippen LogP contribution >= 0.6 is 0 Å². The first-order chi connectivity index (χ1) is 16.2. The molecule has 5 heteroatoms. The maximum atomic E-state index is 13.0. The van der Waals surface area contributed by atoms with Gasteiger partial charge in [0.2, 0.25) is 5.91 Å². The van der Waals surface area contributed by atoms with Crippen molar-refractivity contribution < 1.29 is 9.59 Å². The topological polar surface area (TPSA) is 73.2 Å². The summed E-state index contributed by atoms with van der Waals surface area (Å²) < 4.78 is 0. The monoisotopic (exact) mass is 437 g/mol. The maximum Gasteiger partial charge on any atom is 0.251 e. The lowest BCUT2D eigenvalue weighted by molar-refractivity contribution is -0.118. The molecule has 0 aromatic heterocycles. The first-order valence-electron chi connectivity index (χ1n) is 11.4. The first kappa shape index (κ1) is 22.3. The number of amides is 2. The molecule has 4 rings (SSSR count). The lowest BCUT2D eigenvalue weighted by Gasteiger charge is -2.30. The Labute approximate surface area is 194 Å². The second kappa shape index (κ2) is 10.6. The molecule has 0 spiro atoms. The van der Waals surface area contributed by atoms with Crippen molar-refractivity contribution in [2.24, 2.45) is 0 Å². The predicted octanol–water partition coefficient (Wildman–Crippen LogP) is 4.44. The van der Waals surface area contributed by atoms with Crippen molar-refractivity contribution in [1.82, 2.24) is 5.32 Å². The Morgan fingerprint density at radius 2 is 1.76 bits per heavy atom. The van der Waals surface area contributed by atoms with E-state index in [1.807, 2.05) is 53.4 Å². The van der Waals surface area contributed by atoms with E-state index in [0.29, 0.717) is 37.1 Å². The molecule has 33 heavy (non-hydrogen) atoms. The molecular formula is C28H27N3O2. The summed E-state index contributed by atoms with van der Waals surface area (Å²) in [6.45, 7) is 1.25. The summed E-state index contributed by atoms with van der Waals surface area (Å²) in [4.78, 5) is 27.5. The zero-order valence-electron chi connectivity index (χ0n) is 18.6. The van der Waals surface area contributed by atoms with Gasteiger partial charge in [-0.1, -0.05) is 48.5 Å². The predicted molar refractivity (Wildman–Crippen MR) is 129 cm³/mol. The number of fused-ring (bicyclic) bond motifs is 1. The number of hydrogen-bond donors (Lipinski definition) is 1. The van der Waals surface area contributed by atoms with Crippen molar-refractivity contribution in [2.45, 2.75) is 32.1 Å². The number of carbonyl (C=O) groups excluding carboxylic acids is 2. The van der Waals surface area contributed by atoms with Gasteiger partial charge in [-0.3, -0.25) is 9.59 Å². The minimum Gasteiger partial charge on any atom is -0.352 e. The van der Waals surface area contributed by atoms with Gasteiger partial charge in [0.05, 0.1) is 11.6 Å². The molecule has 1 aliphatic heterocycles. The fraction of sp³-hybridized carbons (Fsp3) is 0.250. The molecule has 0 radical (unpaired) electrons. The number of aryl methyl sites for hydroxylation is 2. The molecule has 0 bridgehead atoms. The van der Waals surface area contributed by atoms with E-state index in [9.17, 15) is 14.9 Å². The maximum absolute atomic E-state index is 13.0. The second-order valence-corrected chi connectivity index (χ2v) is 8.25. The average Bonchev–Trinajstić information content (AvgIpc) is 2.87. The summed E-state index contributed by atoms with van der Waals surface area (Å²) in [5.74, 6) is -0.0472. The molecule has 5 nitrogen and oxygen atoms in total. The van der Waals surface area contributed by atoms with E-state index >= 15 is 0 Å². The second-order valence-electron chi connectivity index (χ2n) is 8.25. The van der Waals surface area contributed by atoms with Crippen LogP contribution in [0.1, 0.15) is 45.5 Å². The highest BCUT2D eigenvalue weighted by Gasteiger charge is 2.23. The lowest BCUT2D eigenvalue weighted by atomic mass is 9.97. The molecule has 0 atom stereocenters. The quantitative estimate of drug-likeness (QED) is 0.594. The third-order valence-electron chi connectivity index (χ3n) is 6.05. The van der Waals surface area contributed by atoms with Gasteiger partial charge in [0.1, 0.15) is 0 Å². The van der Waals surface area contributed by atoms with E-state index in [1.54, 1.807) is 12.1 Å². The Hall–Kier alpha value is -3.91.